The Morgan fingerprint density at radius 1 is 1.70 bits per heavy atom. The quantitative estimate of drug-likeness (QED) is 0.600. The molecular formula is C8H14O2. The highest BCUT2D eigenvalue weighted by Gasteiger charge is 1.99. The maximum Gasteiger partial charge on any atom is 0.129 e. The van der Waals surface area contributed by atoms with Crippen LogP contribution in [0.25, 0.3) is 0 Å². The van der Waals surface area contributed by atoms with Crippen molar-refractivity contribution >= 4 is 5.78 Å². The zero-order chi connectivity index (χ0) is 7.98. The molecule has 0 heterocycles. The van der Waals surface area contributed by atoms with E-state index in [0.29, 0.717) is 12.8 Å². The molecule has 0 aliphatic rings. The number of hydrogen-bond donors (Lipinski definition) is 1. The average molecular weight is 142 g/mol. The van der Waals surface area contributed by atoms with Crippen LogP contribution >= 0.6 is 0 Å². The van der Waals surface area contributed by atoms with Gasteiger partial charge in [-0.05, 0) is 20.3 Å². The van der Waals surface area contributed by atoms with Crippen LogP contribution in [0.4, 0.5) is 0 Å². The fraction of sp³-hybridized carbons (Fsp3) is 0.625. The van der Waals surface area contributed by atoms with Crippen molar-refractivity contribution in [1.82, 2.24) is 0 Å². The number of carbonyl (C=O) groups is 1. The van der Waals surface area contributed by atoms with Gasteiger partial charge in [-0.1, -0.05) is 12.2 Å². The molecular weight excluding hydrogens is 128 g/mol. The Hall–Kier alpha value is -0.630. The minimum Gasteiger partial charge on any atom is -0.389 e. The third-order valence-electron chi connectivity index (χ3n) is 1.21. The van der Waals surface area contributed by atoms with Gasteiger partial charge in [-0.2, -0.15) is 0 Å². The van der Waals surface area contributed by atoms with Crippen LogP contribution in [0.15, 0.2) is 12.2 Å². The van der Waals surface area contributed by atoms with Crippen molar-refractivity contribution in [3.63, 3.8) is 0 Å². The molecule has 2 nitrogen and oxygen atoms in total. The molecule has 1 N–H and O–H groups in total. The lowest BCUT2D eigenvalue weighted by atomic mass is 10.1. The molecule has 2 heteroatoms. The van der Waals surface area contributed by atoms with Crippen LogP contribution in [0.2, 0.25) is 0 Å². The Labute approximate surface area is 61.6 Å². The van der Waals surface area contributed by atoms with E-state index in [0.717, 1.165) is 0 Å². The van der Waals surface area contributed by atoms with Crippen molar-refractivity contribution in [2.24, 2.45) is 0 Å². The molecule has 0 fully saturated rings. The summed E-state index contributed by atoms with van der Waals surface area (Å²) in [6.45, 7) is 3.37. The van der Waals surface area contributed by atoms with Gasteiger partial charge in [0.25, 0.3) is 0 Å². The van der Waals surface area contributed by atoms with Gasteiger partial charge < -0.3 is 9.90 Å². The number of Topliss-reactive ketones (excluding diaryl/α,β-unsaturated/α-hetero) is 1. The molecule has 58 valence electrons. The summed E-state index contributed by atoms with van der Waals surface area (Å²) in [5, 5.41) is 9.06. The van der Waals surface area contributed by atoms with Gasteiger partial charge in [-0.25, -0.2) is 0 Å². The van der Waals surface area contributed by atoms with Crippen LogP contribution in [0, 0.1) is 0 Å². The highest BCUT2D eigenvalue weighted by Crippen LogP contribution is 1.98. The van der Waals surface area contributed by atoms with Gasteiger partial charge in [0.15, 0.2) is 0 Å². The summed E-state index contributed by atoms with van der Waals surface area (Å²) in [4.78, 5) is 10.4. The van der Waals surface area contributed by atoms with E-state index < -0.39 is 6.10 Å². The Balaban J connectivity index is 3.39. The lowest BCUT2D eigenvalue weighted by Gasteiger charge is -2.01. The minimum absolute atomic E-state index is 0.128. The molecule has 0 aromatic carbocycles. The largest absolute Gasteiger partial charge is 0.389 e. The van der Waals surface area contributed by atoms with E-state index in [4.69, 9.17) is 5.11 Å². The van der Waals surface area contributed by atoms with Crippen LogP contribution in [0.3, 0.4) is 0 Å². The van der Waals surface area contributed by atoms with Crippen LogP contribution < -0.4 is 0 Å². The van der Waals surface area contributed by atoms with Crippen molar-refractivity contribution in [3.05, 3.63) is 12.2 Å². The number of rotatable bonds is 4. The molecule has 0 saturated carbocycles. The molecule has 10 heavy (non-hydrogen) atoms. The molecule has 0 saturated heterocycles. The lowest BCUT2D eigenvalue weighted by molar-refractivity contribution is -0.117. The predicted octanol–water partition coefficient (Wildman–Crippen LogP) is 1.29. The summed E-state index contributed by atoms with van der Waals surface area (Å²) in [7, 11) is 0. The van der Waals surface area contributed by atoms with Crippen LogP contribution in [0.5, 0.6) is 0 Å². The van der Waals surface area contributed by atoms with E-state index in [1.807, 2.05) is 6.92 Å². The summed E-state index contributed by atoms with van der Waals surface area (Å²) in [6, 6.07) is 0. The van der Waals surface area contributed by atoms with E-state index in [1.165, 1.54) is 6.92 Å². The third-order valence-corrected chi connectivity index (χ3v) is 1.21. The summed E-state index contributed by atoms with van der Waals surface area (Å²) < 4.78 is 0. The van der Waals surface area contributed by atoms with Crippen molar-refractivity contribution in [2.45, 2.75) is 32.8 Å². The summed E-state index contributed by atoms with van der Waals surface area (Å²) in [6.07, 6.45) is 4.02. The molecule has 0 unspecified atom stereocenters. The van der Waals surface area contributed by atoms with E-state index in [2.05, 4.69) is 0 Å². The van der Waals surface area contributed by atoms with Crippen LogP contribution in [-0.2, 0) is 4.79 Å². The van der Waals surface area contributed by atoms with Crippen molar-refractivity contribution in [3.8, 4) is 0 Å². The fourth-order valence-electron chi connectivity index (χ4n) is 0.670. The highest BCUT2D eigenvalue weighted by atomic mass is 16.3. The van der Waals surface area contributed by atoms with E-state index in [-0.39, 0.29) is 5.78 Å². The maximum absolute atomic E-state index is 10.4. The molecule has 0 aliphatic carbocycles. The summed E-state index contributed by atoms with van der Waals surface area (Å²) in [5.74, 6) is 0.128. The monoisotopic (exact) mass is 142 g/mol. The first-order valence-electron chi connectivity index (χ1n) is 3.47. The molecule has 0 radical (unpaired) electrons. The van der Waals surface area contributed by atoms with E-state index in [9.17, 15) is 4.79 Å². The number of ketones is 1. The first-order chi connectivity index (χ1) is 4.66. The topological polar surface area (TPSA) is 37.3 Å². The Bertz CT molecular complexity index is 127. The summed E-state index contributed by atoms with van der Waals surface area (Å²) in [5.41, 5.74) is 0. The second kappa shape index (κ2) is 5.18. The lowest BCUT2D eigenvalue weighted by Crippen LogP contribution is -2.04. The molecule has 0 aromatic rings. The fourth-order valence-corrected chi connectivity index (χ4v) is 0.670. The molecule has 0 bridgehead atoms. The zero-order valence-corrected chi connectivity index (χ0v) is 6.50. The number of aliphatic hydroxyl groups excluding tert-OH is 1. The van der Waals surface area contributed by atoms with Crippen molar-refractivity contribution in [1.29, 1.82) is 0 Å². The predicted molar refractivity (Wildman–Crippen MR) is 40.7 cm³/mol. The van der Waals surface area contributed by atoms with Gasteiger partial charge in [0.2, 0.25) is 0 Å². The third kappa shape index (κ3) is 5.51. The average Bonchev–Trinajstić information content (AvgIpc) is 1.85. The number of hydrogen-bond acceptors (Lipinski definition) is 2. The Kier molecular flexibility index (Phi) is 4.85. The van der Waals surface area contributed by atoms with Gasteiger partial charge >= 0.3 is 0 Å². The maximum atomic E-state index is 10.4. The van der Waals surface area contributed by atoms with E-state index in [1.54, 1.807) is 12.2 Å². The highest BCUT2D eigenvalue weighted by molar-refractivity contribution is 5.75. The minimum atomic E-state index is -0.450. The molecule has 0 amide bonds. The molecule has 0 aromatic heterocycles. The number of aliphatic hydroxyl groups is 1. The first-order valence-corrected chi connectivity index (χ1v) is 3.47. The normalized spacial score (nSPS) is 13.9. The smallest absolute Gasteiger partial charge is 0.129 e. The van der Waals surface area contributed by atoms with Crippen molar-refractivity contribution in [2.75, 3.05) is 0 Å². The van der Waals surface area contributed by atoms with E-state index >= 15 is 0 Å². The van der Waals surface area contributed by atoms with Gasteiger partial charge in [0, 0.05) is 6.42 Å². The molecule has 0 spiro atoms. The summed E-state index contributed by atoms with van der Waals surface area (Å²) >= 11 is 0. The van der Waals surface area contributed by atoms with Gasteiger partial charge in [0.05, 0.1) is 6.10 Å². The molecule has 0 rings (SSSR count). The molecule has 0 aliphatic heterocycles. The Morgan fingerprint density at radius 2 is 2.30 bits per heavy atom. The van der Waals surface area contributed by atoms with Crippen LogP contribution in [-0.4, -0.2) is 17.0 Å². The number of carbonyl (C=O) groups excluding carboxylic acids is 1. The number of allylic oxidation sites excluding steroid dienone is 1. The second-order valence-corrected chi connectivity index (χ2v) is 2.33. The Morgan fingerprint density at radius 3 is 2.70 bits per heavy atom. The zero-order valence-electron chi connectivity index (χ0n) is 6.50. The van der Waals surface area contributed by atoms with Gasteiger partial charge in [-0.15, -0.1) is 0 Å². The second-order valence-electron chi connectivity index (χ2n) is 2.33. The standard InChI is InChI=1S/C8H14O2/c1-3-4-8(10)6-5-7(2)9/h3-4,8,10H,5-6H2,1-2H3/b4-3+/t8-/m0/s1. The van der Waals surface area contributed by atoms with Gasteiger partial charge in [0.1, 0.15) is 5.78 Å². The molecule has 1 atom stereocenters. The van der Waals surface area contributed by atoms with Gasteiger partial charge in [-0.3, -0.25) is 0 Å². The van der Waals surface area contributed by atoms with Crippen LogP contribution in [0.1, 0.15) is 26.7 Å². The first kappa shape index (κ1) is 9.37. The SMILES string of the molecule is C/C=C/[C@H](O)CCC(C)=O. The van der Waals surface area contributed by atoms with Crippen molar-refractivity contribution < 1.29 is 9.90 Å².